The highest BCUT2D eigenvalue weighted by Gasteiger charge is 2.16. The Bertz CT molecular complexity index is 167. The number of Topliss-reactive ketones (excluding diaryl/α,β-unsaturated/α-hetero) is 1. The molecule has 0 bridgehead atoms. The van der Waals surface area contributed by atoms with Gasteiger partial charge in [-0.15, -0.1) is 0 Å². The predicted octanol–water partition coefficient (Wildman–Crippen LogP) is 1.85. The van der Waals surface area contributed by atoms with E-state index in [-0.39, 0.29) is 11.8 Å². The second-order valence-electron chi connectivity index (χ2n) is 4.13. The van der Waals surface area contributed by atoms with Crippen molar-refractivity contribution in [2.75, 3.05) is 6.54 Å². The van der Waals surface area contributed by atoms with Gasteiger partial charge in [0.25, 0.3) is 0 Å². The molecule has 0 fully saturated rings. The van der Waals surface area contributed by atoms with Crippen molar-refractivity contribution >= 4 is 5.78 Å². The second kappa shape index (κ2) is 8.86. The minimum absolute atomic E-state index is 0.0291. The Morgan fingerprint density at radius 3 is 2.27 bits per heavy atom. The molecule has 0 saturated carbocycles. The lowest BCUT2D eigenvalue weighted by atomic mass is 10.0. The number of carbonyl (C=O) groups is 1. The predicted molar refractivity (Wildman–Crippen MR) is 64.9 cm³/mol. The topological polar surface area (TPSA) is 55.1 Å². The molecular formula is C12H26N2O. The van der Waals surface area contributed by atoms with Crippen LogP contribution in [-0.4, -0.2) is 24.4 Å². The molecule has 3 N–H and O–H groups in total. The van der Waals surface area contributed by atoms with Crippen LogP contribution < -0.4 is 11.1 Å². The number of hydrogen-bond donors (Lipinski definition) is 2. The van der Waals surface area contributed by atoms with Crippen LogP contribution in [0.25, 0.3) is 0 Å². The molecule has 0 aliphatic carbocycles. The van der Waals surface area contributed by atoms with Gasteiger partial charge in [-0.3, -0.25) is 4.79 Å². The molecule has 90 valence electrons. The molecule has 0 aromatic carbocycles. The molecule has 15 heavy (non-hydrogen) atoms. The normalized spacial score (nSPS) is 13.1. The maximum atomic E-state index is 11.4. The molecule has 0 heterocycles. The Morgan fingerprint density at radius 1 is 1.27 bits per heavy atom. The van der Waals surface area contributed by atoms with E-state index in [9.17, 15) is 4.79 Å². The lowest BCUT2D eigenvalue weighted by molar-refractivity contribution is -0.119. The molecule has 0 aliphatic rings. The van der Waals surface area contributed by atoms with E-state index in [1.807, 2.05) is 0 Å². The van der Waals surface area contributed by atoms with Crippen molar-refractivity contribution in [3.8, 4) is 0 Å². The van der Waals surface area contributed by atoms with Gasteiger partial charge in [0.1, 0.15) is 5.78 Å². The number of nitrogens with one attached hydrogen (secondary N) is 1. The van der Waals surface area contributed by atoms with Crippen LogP contribution in [0.2, 0.25) is 0 Å². The van der Waals surface area contributed by atoms with Crippen LogP contribution in [0, 0.1) is 0 Å². The maximum Gasteiger partial charge on any atom is 0.146 e. The summed E-state index contributed by atoms with van der Waals surface area (Å²) in [6, 6.07) is 0.498. The van der Waals surface area contributed by atoms with E-state index in [2.05, 4.69) is 19.2 Å². The monoisotopic (exact) mass is 214 g/mol. The molecule has 3 heteroatoms. The minimum Gasteiger partial charge on any atom is -0.330 e. The van der Waals surface area contributed by atoms with Crippen LogP contribution in [0.1, 0.15) is 52.9 Å². The Balaban J connectivity index is 3.97. The van der Waals surface area contributed by atoms with Crippen LogP contribution in [-0.2, 0) is 4.79 Å². The molecule has 1 atom stereocenters. The van der Waals surface area contributed by atoms with Crippen LogP contribution >= 0.6 is 0 Å². The number of unbranched alkanes of at least 4 members (excludes halogenated alkanes) is 1. The minimum atomic E-state index is 0.0291. The summed E-state index contributed by atoms with van der Waals surface area (Å²) in [5.74, 6) is 0.249. The summed E-state index contributed by atoms with van der Waals surface area (Å²) in [6.07, 6.45) is 5.12. The highest BCUT2D eigenvalue weighted by Crippen LogP contribution is 2.06. The fraction of sp³-hybridized carbons (Fsp3) is 0.917. The first kappa shape index (κ1) is 14.6. The molecule has 0 saturated heterocycles. The van der Waals surface area contributed by atoms with Crippen molar-refractivity contribution in [2.45, 2.75) is 65.0 Å². The van der Waals surface area contributed by atoms with Gasteiger partial charge in [0.2, 0.25) is 0 Å². The average Bonchev–Trinajstić information content (AvgIpc) is 2.23. The molecule has 0 aliphatic heterocycles. The molecular weight excluding hydrogens is 188 g/mol. The largest absolute Gasteiger partial charge is 0.330 e. The van der Waals surface area contributed by atoms with Crippen molar-refractivity contribution in [1.29, 1.82) is 0 Å². The number of hydrogen-bond acceptors (Lipinski definition) is 3. The molecule has 0 aromatic heterocycles. The molecule has 0 radical (unpaired) electrons. The molecule has 3 nitrogen and oxygen atoms in total. The lowest BCUT2D eigenvalue weighted by Gasteiger charge is -2.22. The van der Waals surface area contributed by atoms with E-state index in [0.29, 0.717) is 6.04 Å². The van der Waals surface area contributed by atoms with Gasteiger partial charge in [0.05, 0.1) is 6.04 Å². The summed E-state index contributed by atoms with van der Waals surface area (Å²) >= 11 is 0. The van der Waals surface area contributed by atoms with Gasteiger partial charge in [0.15, 0.2) is 0 Å². The lowest BCUT2D eigenvalue weighted by Crippen LogP contribution is -2.42. The molecule has 0 aromatic rings. The van der Waals surface area contributed by atoms with Gasteiger partial charge < -0.3 is 11.1 Å². The zero-order valence-electron chi connectivity index (χ0n) is 10.4. The summed E-state index contributed by atoms with van der Waals surface area (Å²) in [5, 5.41) is 3.42. The van der Waals surface area contributed by atoms with Crippen molar-refractivity contribution < 1.29 is 4.79 Å². The van der Waals surface area contributed by atoms with Crippen LogP contribution in [0.5, 0.6) is 0 Å². The zero-order valence-corrected chi connectivity index (χ0v) is 10.4. The fourth-order valence-corrected chi connectivity index (χ4v) is 1.71. The summed E-state index contributed by atoms with van der Waals surface area (Å²) in [6.45, 7) is 6.69. The van der Waals surface area contributed by atoms with E-state index >= 15 is 0 Å². The first-order valence-electron chi connectivity index (χ1n) is 6.12. The number of rotatable bonds is 9. The first-order valence-corrected chi connectivity index (χ1v) is 6.12. The van der Waals surface area contributed by atoms with E-state index < -0.39 is 0 Å². The van der Waals surface area contributed by atoms with Crippen molar-refractivity contribution in [3.05, 3.63) is 0 Å². The molecule has 0 rings (SSSR count). The molecule has 0 spiro atoms. The van der Waals surface area contributed by atoms with Crippen LogP contribution in [0.3, 0.4) is 0 Å². The quantitative estimate of drug-likeness (QED) is 0.576. The van der Waals surface area contributed by atoms with E-state index in [4.69, 9.17) is 5.73 Å². The SMILES string of the molecule is CCC(CC)NC(CCCCN)C(C)=O. The fourth-order valence-electron chi connectivity index (χ4n) is 1.71. The standard InChI is InChI=1S/C12H26N2O/c1-4-11(5-2)14-12(10(3)15)8-6-7-9-13/h11-12,14H,4-9,13H2,1-3H3. The van der Waals surface area contributed by atoms with E-state index in [1.165, 1.54) is 0 Å². The van der Waals surface area contributed by atoms with Crippen LogP contribution in [0.15, 0.2) is 0 Å². The smallest absolute Gasteiger partial charge is 0.146 e. The van der Waals surface area contributed by atoms with E-state index in [1.54, 1.807) is 6.92 Å². The molecule has 1 unspecified atom stereocenters. The summed E-state index contributed by atoms with van der Waals surface area (Å²) in [5.41, 5.74) is 5.44. The van der Waals surface area contributed by atoms with Crippen molar-refractivity contribution in [1.82, 2.24) is 5.32 Å². The Morgan fingerprint density at radius 2 is 1.87 bits per heavy atom. The van der Waals surface area contributed by atoms with Crippen molar-refractivity contribution in [2.24, 2.45) is 5.73 Å². The van der Waals surface area contributed by atoms with Crippen molar-refractivity contribution in [3.63, 3.8) is 0 Å². The first-order chi connectivity index (χ1) is 7.15. The molecule has 0 amide bonds. The highest BCUT2D eigenvalue weighted by molar-refractivity contribution is 5.81. The van der Waals surface area contributed by atoms with Gasteiger partial charge in [0, 0.05) is 6.04 Å². The summed E-state index contributed by atoms with van der Waals surface area (Å²) < 4.78 is 0. The Labute approximate surface area is 93.8 Å². The maximum absolute atomic E-state index is 11.4. The zero-order chi connectivity index (χ0) is 11.7. The Hall–Kier alpha value is -0.410. The highest BCUT2D eigenvalue weighted by atomic mass is 16.1. The van der Waals surface area contributed by atoms with Gasteiger partial charge >= 0.3 is 0 Å². The summed E-state index contributed by atoms with van der Waals surface area (Å²) in [7, 11) is 0. The number of carbonyl (C=O) groups excluding carboxylic acids is 1. The third-order valence-corrected chi connectivity index (χ3v) is 2.86. The number of ketones is 1. The average molecular weight is 214 g/mol. The Kier molecular flexibility index (Phi) is 8.62. The third kappa shape index (κ3) is 6.63. The third-order valence-electron chi connectivity index (χ3n) is 2.86. The van der Waals surface area contributed by atoms with Gasteiger partial charge in [-0.2, -0.15) is 0 Å². The number of nitrogens with two attached hydrogens (primary N) is 1. The van der Waals surface area contributed by atoms with Gasteiger partial charge in [-0.25, -0.2) is 0 Å². The van der Waals surface area contributed by atoms with E-state index in [0.717, 1.165) is 38.6 Å². The second-order valence-corrected chi connectivity index (χ2v) is 4.13. The van der Waals surface area contributed by atoms with Crippen LogP contribution in [0.4, 0.5) is 0 Å². The van der Waals surface area contributed by atoms with Gasteiger partial charge in [-0.05, 0) is 39.2 Å². The summed E-state index contributed by atoms with van der Waals surface area (Å²) in [4.78, 5) is 11.4. The van der Waals surface area contributed by atoms with Gasteiger partial charge in [-0.1, -0.05) is 20.3 Å².